The van der Waals surface area contributed by atoms with Crippen LogP contribution in [-0.2, 0) is 4.79 Å². The maximum atomic E-state index is 10.6. The maximum absolute atomic E-state index is 10.6. The van der Waals surface area contributed by atoms with Crippen LogP contribution in [0.2, 0.25) is 0 Å². The molecule has 0 amide bonds. The molecular weight excluding hydrogens is 175 g/mol. The molecule has 0 spiro atoms. The normalized spacial score (nSPS) is 9.77. The van der Waals surface area contributed by atoms with Crippen molar-refractivity contribution in [3.63, 3.8) is 0 Å². The standard InChI is InChI=1S/C10H20O2.Na/c1-3-5-7-9(10(11)12)8-6-4-2;/h9H,3-8H2,1-2H3,(H,11,12);/q;+1/p-1. The Morgan fingerprint density at radius 2 is 1.54 bits per heavy atom. The van der Waals surface area contributed by atoms with Crippen molar-refractivity contribution in [1.82, 2.24) is 0 Å². The van der Waals surface area contributed by atoms with Gasteiger partial charge in [0.05, 0.1) is 0 Å². The first-order valence-electron chi connectivity index (χ1n) is 4.93. The molecule has 0 atom stereocenters. The van der Waals surface area contributed by atoms with Gasteiger partial charge in [-0.3, -0.25) is 0 Å². The van der Waals surface area contributed by atoms with E-state index in [0.717, 1.165) is 38.5 Å². The van der Waals surface area contributed by atoms with Gasteiger partial charge in [0.15, 0.2) is 0 Å². The Labute approximate surface area is 103 Å². The van der Waals surface area contributed by atoms with E-state index < -0.39 is 5.97 Å². The minimum Gasteiger partial charge on any atom is -0.550 e. The summed E-state index contributed by atoms with van der Waals surface area (Å²) in [6.07, 6.45) is 5.72. The number of aliphatic carboxylic acids is 1. The topological polar surface area (TPSA) is 40.1 Å². The van der Waals surface area contributed by atoms with Crippen LogP contribution in [-0.4, -0.2) is 5.97 Å². The summed E-state index contributed by atoms with van der Waals surface area (Å²) in [5.74, 6) is -1.07. The molecule has 0 aromatic rings. The van der Waals surface area contributed by atoms with E-state index in [1.807, 2.05) is 0 Å². The predicted octanol–water partition coefficient (Wildman–Crippen LogP) is -1.26. The van der Waals surface area contributed by atoms with Crippen LogP contribution in [0.5, 0.6) is 0 Å². The van der Waals surface area contributed by atoms with E-state index in [-0.39, 0.29) is 35.5 Å². The number of carboxylic acids is 1. The summed E-state index contributed by atoms with van der Waals surface area (Å²) in [5, 5.41) is 10.6. The molecular formula is C10H19NaO2. The second kappa shape index (κ2) is 10.6. The fraction of sp³-hybridized carbons (Fsp3) is 0.900. The molecule has 0 saturated carbocycles. The monoisotopic (exact) mass is 194 g/mol. The Balaban J connectivity index is 0. The Bertz CT molecular complexity index is 118. The molecule has 0 unspecified atom stereocenters. The fourth-order valence-corrected chi connectivity index (χ4v) is 1.28. The molecule has 0 N–H and O–H groups in total. The molecule has 3 heteroatoms. The maximum Gasteiger partial charge on any atom is 1.00 e. The van der Waals surface area contributed by atoms with Gasteiger partial charge in [0, 0.05) is 5.97 Å². The Kier molecular flexibility index (Phi) is 12.9. The van der Waals surface area contributed by atoms with Crippen molar-refractivity contribution >= 4 is 5.97 Å². The minimum atomic E-state index is -0.864. The smallest absolute Gasteiger partial charge is 0.550 e. The number of hydrogen-bond donors (Lipinski definition) is 0. The minimum absolute atomic E-state index is 0. The quantitative estimate of drug-likeness (QED) is 0.474. The average Bonchev–Trinajstić information content (AvgIpc) is 2.04. The van der Waals surface area contributed by atoms with Crippen molar-refractivity contribution in [3.8, 4) is 0 Å². The Morgan fingerprint density at radius 1 is 1.15 bits per heavy atom. The second-order valence-corrected chi connectivity index (χ2v) is 3.30. The zero-order chi connectivity index (χ0) is 9.40. The van der Waals surface area contributed by atoms with Gasteiger partial charge in [0.25, 0.3) is 0 Å². The molecule has 0 heterocycles. The van der Waals surface area contributed by atoms with Crippen LogP contribution in [0.3, 0.4) is 0 Å². The van der Waals surface area contributed by atoms with Crippen LogP contribution in [0, 0.1) is 5.92 Å². The van der Waals surface area contributed by atoms with Crippen LogP contribution in [0.15, 0.2) is 0 Å². The molecule has 0 aliphatic heterocycles. The zero-order valence-electron chi connectivity index (χ0n) is 9.14. The Hall–Kier alpha value is 0.470. The van der Waals surface area contributed by atoms with Gasteiger partial charge in [0.2, 0.25) is 0 Å². The van der Waals surface area contributed by atoms with E-state index in [9.17, 15) is 9.90 Å². The third kappa shape index (κ3) is 8.79. The summed E-state index contributed by atoms with van der Waals surface area (Å²) in [4.78, 5) is 10.6. The molecule has 0 aliphatic rings. The van der Waals surface area contributed by atoms with Gasteiger partial charge < -0.3 is 9.90 Å². The Morgan fingerprint density at radius 3 is 1.77 bits per heavy atom. The van der Waals surface area contributed by atoms with Crippen molar-refractivity contribution in [3.05, 3.63) is 0 Å². The molecule has 0 aromatic heterocycles. The number of carbonyl (C=O) groups excluding carboxylic acids is 1. The van der Waals surface area contributed by atoms with E-state index in [1.54, 1.807) is 0 Å². The van der Waals surface area contributed by atoms with Gasteiger partial charge in [-0.15, -0.1) is 0 Å². The molecule has 0 aliphatic carbocycles. The third-order valence-corrected chi connectivity index (χ3v) is 2.15. The van der Waals surface area contributed by atoms with Gasteiger partial charge in [-0.2, -0.15) is 0 Å². The summed E-state index contributed by atoms with van der Waals surface area (Å²) >= 11 is 0. The summed E-state index contributed by atoms with van der Waals surface area (Å²) in [6.45, 7) is 4.15. The van der Waals surface area contributed by atoms with Crippen LogP contribution in [0.4, 0.5) is 0 Å². The van der Waals surface area contributed by atoms with Crippen molar-refractivity contribution in [1.29, 1.82) is 0 Å². The molecule has 72 valence electrons. The van der Waals surface area contributed by atoms with Crippen molar-refractivity contribution in [2.75, 3.05) is 0 Å². The first-order valence-corrected chi connectivity index (χ1v) is 4.93. The number of hydrogen-bond acceptors (Lipinski definition) is 2. The van der Waals surface area contributed by atoms with Gasteiger partial charge in [-0.1, -0.05) is 39.5 Å². The van der Waals surface area contributed by atoms with Gasteiger partial charge in [-0.05, 0) is 18.8 Å². The first kappa shape index (κ1) is 15.9. The molecule has 0 rings (SSSR count). The summed E-state index contributed by atoms with van der Waals surface area (Å²) < 4.78 is 0. The predicted molar refractivity (Wildman–Crippen MR) is 47.5 cm³/mol. The summed E-state index contributed by atoms with van der Waals surface area (Å²) in [6, 6.07) is 0. The van der Waals surface area contributed by atoms with E-state index in [0.29, 0.717) is 0 Å². The van der Waals surface area contributed by atoms with Gasteiger partial charge in [0.1, 0.15) is 0 Å². The van der Waals surface area contributed by atoms with Crippen LogP contribution < -0.4 is 34.7 Å². The van der Waals surface area contributed by atoms with Crippen LogP contribution in [0.25, 0.3) is 0 Å². The molecule has 0 bridgehead atoms. The SMILES string of the molecule is CCCCC(CCCC)C(=O)[O-].[Na+]. The first-order chi connectivity index (χ1) is 5.72. The largest absolute Gasteiger partial charge is 1.00 e. The van der Waals surface area contributed by atoms with Crippen LogP contribution >= 0.6 is 0 Å². The van der Waals surface area contributed by atoms with E-state index in [4.69, 9.17) is 0 Å². The zero-order valence-corrected chi connectivity index (χ0v) is 11.1. The molecule has 2 nitrogen and oxygen atoms in total. The van der Waals surface area contributed by atoms with Crippen molar-refractivity contribution in [2.45, 2.75) is 52.4 Å². The number of rotatable bonds is 7. The second-order valence-electron chi connectivity index (χ2n) is 3.30. The molecule has 0 saturated heterocycles. The van der Waals surface area contributed by atoms with E-state index in [1.165, 1.54) is 0 Å². The number of unbranched alkanes of at least 4 members (excludes halogenated alkanes) is 2. The van der Waals surface area contributed by atoms with E-state index >= 15 is 0 Å². The fourth-order valence-electron chi connectivity index (χ4n) is 1.28. The third-order valence-electron chi connectivity index (χ3n) is 2.15. The van der Waals surface area contributed by atoms with Gasteiger partial charge >= 0.3 is 29.6 Å². The molecule has 0 radical (unpaired) electrons. The molecule has 0 aromatic carbocycles. The number of carboxylic acid groups (broad SMARTS) is 1. The molecule has 0 fully saturated rings. The van der Waals surface area contributed by atoms with Gasteiger partial charge in [-0.25, -0.2) is 0 Å². The average molecular weight is 194 g/mol. The van der Waals surface area contributed by atoms with Crippen LogP contribution in [0.1, 0.15) is 52.4 Å². The van der Waals surface area contributed by atoms with Crippen molar-refractivity contribution in [2.24, 2.45) is 5.92 Å². The summed E-state index contributed by atoms with van der Waals surface area (Å²) in [7, 11) is 0. The van der Waals surface area contributed by atoms with Crippen molar-refractivity contribution < 1.29 is 39.5 Å². The molecule has 13 heavy (non-hydrogen) atoms. The summed E-state index contributed by atoms with van der Waals surface area (Å²) in [5.41, 5.74) is 0. The number of carbonyl (C=O) groups is 1. The van der Waals surface area contributed by atoms with E-state index in [2.05, 4.69) is 13.8 Å².